The minimum Gasteiger partial charge on any atom is -0.383 e. The summed E-state index contributed by atoms with van der Waals surface area (Å²) in [5.41, 5.74) is 3.13. The Labute approximate surface area is 123 Å². The highest BCUT2D eigenvalue weighted by atomic mass is 35.5. The van der Waals surface area contributed by atoms with Crippen molar-refractivity contribution in [2.45, 2.75) is 6.54 Å². The molecule has 0 spiro atoms. The average Bonchev–Trinajstić information content (AvgIpc) is 2.47. The summed E-state index contributed by atoms with van der Waals surface area (Å²) in [5, 5.41) is 3.43. The number of ether oxygens (including phenoxy) is 1. The summed E-state index contributed by atoms with van der Waals surface area (Å²) in [7, 11) is 1.68. The molecular formula is C16H17ClFNO. The highest BCUT2D eigenvalue weighted by Crippen LogP contribution is 2.25. The van der Waals surface area contributed by atoms with Gasteiger partial charge in [0.2, 0.25) is 0 Å². The minimum absolute atomic E-state index is 0.146. The van der Waals surface area contributed by atoms with Crippen molar-refractivity contribution in [2.75, 3.05) is 20.3 Å². The van der Waals surface area contributed by atoms with Crippen LogP contribution in [0.25, 0.3) is 11.1 Å². The summed E-state index contributed by atoms with van der Waals surface area (Å²) >= 11 is 5.80. The Balaban J connectivity index is 2.02. The molecule has 1 N–H and O–H groups in total. The maximum absolute atomic E-state index is 13.1. The molecule has 2 nitrogen and oxygen atoms in total. The maximum Gasteiger partial charge on any atom is 0.141 e. The summed E-state index contributed by atoms with van der Waals surface area (Å²) in [6, 6.07) is 12.9. The third kappa shape index (κ3) is 4.04. The average molecular weight is 294 g/mol. The van der Waals surface area contributed by atoms with Crippen molar-refractivity contribution in [1.82, 2.24) is 5.32 Å². The highest BCUT2D eigenvalue weighted by molar-refractivity contribution is 6.31. The summed E-state index contributed by atoms with van der Waals surface area (Å²) in [6.45, 7) is 2.33. The Hall–Kier alpha value is -1.42. The van der Waals surface area contributed by atoms with E-state index in [1.54, 1.807) is 19.2 Å². The van der Waals surface area contributed by atoms with Gasteiger partial charge in [-0.2, -0.15) is 0 Å². The van der Waals surface area contributed by atoms with Gasteiger partial charge in [-0.1, -0.05) is 41.9 Å². The lowest BCUT2D eigenvalue weighted by Gasteiger charge is -2.07. The highest BCUT2D eigenvalue weighted by Gasteiger charge is 2.03. The van der Waals surface area contributed by atoms with Gasteiger partial charge >= 0.3 is 0 Å². The van der Waals surface area contributed by atoms with Crippen LogP contribution < -0.4 is 5.32 Å². The van der Waals surface area contributed by atoms with Gasteiger partial charge in [-0.3, -0.25) is 0 Å². The van der Waals surface area contributed by atoms with Crippen LogP contribution in [0.2, 0.25) is 5.02 Å². The second kappa shape index (κ2) is 7.39. The molecule has 0 aliphatic heterocycles. The van der Waals surface area contributed by atoms with Crippen molar-refractivity contribution in [3.63, 3.8) is 0 Å². The van der Waals surface area contributed by atoms with Crippen molar-refractivity contribution in [3.8, 4) is 11.1 Å². The summed E-state index contributed by atoms with van der Waals surface area (Å²) in [4.78, 5) is 0. The van der Waals surface area contributed by atoms with Gasteiger partial charge in [0.15, 0.2) is 0 Å². The molecule has 0 amide bonds. The van der Waals surface area contributed by atoms with Crippen LogP contribution in [0.5, 0.6) is 0 Å². The van der Waals surface area contributed by atoms with E-state index in [0.717, 1.165) is 24.2 Å². The summed E-state index contributed by atoms with van der Waals surface area (Å²) in [5.74, 6) is -0.394. The fourth-order valence-electron chi connectivity index (χ4n) is 1.90. The number of methoxy groups -OCH3 is 1. The number of hydrogen-bond acceptors (Lipinski definition) is 2. The first-order valence-electron chi connectivity index (χ1n) is 6.44. The van der Waals surface area contributed by atoms with Gasteiger partial charge in [0.25, 0.3) is 0 Å². The zero-order valence-corrected chi connectivity index (χ0v) is 12.1. The number of rotatable bonds is 6. The standard InChI is InChI=1S/C16H17ClFNO/c1-20-9-8-19-11-12-2-4-13(5-3-12)14-6-7-16(18)15(17)10-14/h2-7,10,19H,8-9,11H2,1H3. The predicted molar refractivity (Wildman–Crippen MR) is 80.4 cm³/mol. The molecule has 0 aliphatic carbocycles. The molecular weight excluding hydrogens is 277 g/mol. The Morgan fingerprint density at radius 2 is 1.80 bits per heavy atom. The van der Waals surface area contributed by atoms with Crippen LogP contribution in [0.4, 0.5) is 4.39 Å². The second-order valence-corrected chi connectivity index (χ2v) is 4.90. The molecule has 0 saturated heterocycles. The molecule has 0 unspecified atom stereocenters. The molecule has 0 atom stereocenters. The third-order valence-electron chi connectivity index (χ3n) is 3.02. The maximum atomic E-state index is 13.1. The zero-order chi connectivity index (χ0) is 14.4. The molecule has 106 valence electrons. The lowest BCUT2D eigenvalue weighted by atomic mass is 10.0. The number of halogens is 2. The van der Waals surface area contributed by atoms with E-state index < -0.39 is 5.82 Å². The van der Waals surface area contributed by atoms with E-state index in [1.807, 2.05) is 24.3 Å². The molecule has 2 aromatic carbocycles. The van der Waals surface area contributed by atoms with Crippen LogP contribution in [0.15, 0.2) is 42.5 Å². The van der Waals surface area contributed by atoms with Gasteiger partial charge in [0, 0.05) is 20.2 Å². The van der Waals surface area contributed by atoms with E-state index in [1.165, 1.54) is 11.6 Å². The van der Waals surface area contributed by atoms with Gasteiger partial charge in [-0.05, 0) is 28.8 Å². The van der Waals surface area contributed by atoms with Crippen molar-refractivity contribution >= 4 is 11.6 Å². The van der Waals surface area contributed by atoms with Crippen LogP contribution in [-0.4, -0.2) is 20.3 Å². The van der Waals surface area contributed by atoms with Crippen LogP contribution in [-0.2, 0) is 11.3 Å². The first kappa shape index (κ1) is 15.0. The van der Waals surface area contributed by atoms with Crippen LogP contribution in [0.1, 0.15) is 5.56 Å². The number of hydrogen-bond donors (Lipinski definition) is 1. The smallest absolute Gasteiger partial charge is 0.141 e. The minimum atomic E-state index is -0.394. The van der Waals surface area contributed by atoms with E-state index in [9.17, 15) is 4.39 Å². The van der Waals surface area contributed by atoms with E-state index in [-0.39, 0.29) is 5.02 Å². The lowest BCUT2D eigenvalue weighted by molar-refractivity contribution is 0.199. The Morgan fingerprint density at radius 1 is 1.10 bits per heavy atom. The molecule has 2 rings (SSSR count). The third-order valence-corrected chi connectivity index (χ3v) is 3.31. The summed E-state index contributed by atoms with van der Waals surface area (Å²) in [6.07, 6.45) is 0. The molecule has 0 fully saturated rings. The number of nitrogens with one attached hydrogen (secondary N) is 1. The molecule has 0 bridgehead atoms. The van der Waals surface area contributed by atoms with Crippen molar-refractivity contribution in [3.05, 3.63) is 58.9 Å². The van der Waals surface area contributed by atoms with Gasteiger partial charge in [0.05, 0.1) is 11.6 Å². The monoisotopic (exact) mass is 293 g/mol. The lowest BCUT2D eigenvalue weighted by Crippen LogP contribution is -2.18. The fraction of sp³-hybridized carbons (Fsp3) is 0.250. The van der Waals surface area contributed by atoms with Gasteiger partial charge in [0.1, 0.15) is 5.82 Å². The van der Waals surface area contributed by atoms with E-state index >= 15 is 0 Å². The molecule has 2 aromatic rings. The van der Waals surface area contributed by atoms with Crippen molar-refractivity contribution in [2.24, 2.45) is 0 Å². The first-order chi connectivity index (χ1) is 9.70. The normalized spacial score (nSPS) is 10.8. The second-order valence-electron chi connectivity index (χ2n) is 4.50. The largest absolute Gasteiger partial charge is 0.383 e. The quantitative estimate of drug-likeness (QED) is 0.816. The van der Waals surface area contributed by atoms with Crippen molar-refractivity contribution in [1.29, 1.82) is 0 Å². The van der Waals surface area contributed by atoms with Crippen LogP contribution >= 0.6 is 11.6 Å². The topological polar surface area (TPSA) is 21.3 Å². The number of benzene rings is 2. The van der Waals surface area contributed by atoms with E-state index in [4.69, 9.17) is 16.3 Å². The fourth-order valence-corrected chi connectivity index (χ4v) is 2.08. The van der Waals surface area contributed by atoms with Gasteiger partial charge < -0.3 is 10.1 Å². The SMILES string of the molecule is COCCNCc1ccc(-c2ccc(F)c(Cl)c2)cc1. The molecule has 0 saturated carbocycles. The predicted octanol–water partition coefficient (Wildman–Crippen LogP) is 3.88. The van der Waals surface area contributed by atoms with Crippen LogP contribution in [0.3, 0.4) is 0 Å². The van der Waals surface area contributed by atoms with Gasteiger partial charge in [-0.15, -0.1) is 0 Å². The zero-order valence-electron chi connectivity index (χ0n) is 11.3. The summed E-state index contributed by atoms with van der Waals surface area (Å²) < 4.78 is 18.1. The molecule has 20 heavy (non-hydrogen) atoms. The molecule has 0 aromatic heterocycles. The van der Waals surface area contributed by atoms with Crippen LogP contribution in [0, 0.1) is 5.82 Å². The Morgan fingerprint density at radius 3 is 2.45 bits per heavy atom. The van der Waals surface area contributed by atoms with E-state index in [0.29, 0.717) is 6.61 Å². The first-order valence-corrected chi connectivity index (χ1v) is 6.82. The van der Waals surface area contributed by atoms with Crippen molar-refractivity contribution < 1.29 is 9.13 Å². The Bertz CT molecular complexity index is 557. The van der Waals surface area contributed by atoms with E-state index in [2.05, 4.69) is 5.32 Å². The Kier molecular flexibility index (Phi) is 5.53. The van der Waals surface area contributed by atoms with Gasteiger partial charge in [-0.25, -0.2) is 4.39 Å². The molecule has 4 heteroatoms. The molecule has 0 heterocycles. The molecule has 0 aliphatic rings. The molecule has 0 radical (unpaired) electrons.